The van der Waals surface area contributed by atoms with Gasteiger partial charge in [0.1, 0.15) is 11.6 Å². The average Bonchev–Trinajstić information content (AvgIpc) is 2.65. The number of nitrogens with one attached hydrogen (secondary N) is 2. The minimum absolute atomic E-state index is 0.0322. The van der Waals surface area contributed by atoms with Crippen LogP contribution in [0.4, 0.5) is 5.69 Å². The van der Waals surface area contributed by atoms with Crippen molar-refractivity contribution in [3.8, 4) is 6.07 Å². The smallest absolute Gasteiger partial charge is 0.267 e. The number of hydrogen-bond acceptors (Lipinski definition) is 3. The van der Waals surface area contributed by atoms with E-state index in [1.807, 2.05) is 37.3 Å². The highest BCUT2D eigenvalue weighted by Crippen LogP contribution is 2.20. The van der Waals surface area contributed by atoms with Crippen LogP contribution < -0.4 is 10.6 Å². The molecule has 0 spiro atoms. The van der Waals surface area contributed by atoms with Crippen LogP contribution in [0.5, 0.6) is 0 Å². The van der Waals surface area contributed by atoms with Gasteiger partial charge in [-0.05, 0) is 49.4 Å². The van der Waals surface area contributed by atoms with Gasteiger partial charge in [-0.1, -0.05) is 48.0 Å². The molecule has 0 bridgehead atoms. The van der Waals surface area contributed by atoms with Crippen molar-refractivity contribution < 1.29 is 4.79 Å². The summed E-state index contributed by atoms with van der Waals surface area (Å²) in [5.41, 5.74) is 2.84. The third-order valence-electron chi connectivity index (χ3n) is 3.92. The zero-order valence-electron chi connectivity index (χ0n) is 14.8. The number of nitriles is 1. The van der Waals surface area contributed by atoms with Gasteiger partial charge in [0.15, 0.2) is 0 Å². The quantitative estimate of drug-likeness (QED) is 0.407. The van der Waals surface area contributed by atoms with Gasteiger partial charge in [-0.25, -0.2) is 0 Å². The van der Waals surface area contributed by atoms with Gasteiger partial charge in [-0.15, -0.1) is 0 Å². The molecule has 0 aliphatic carbocycles. The van der Waals surface area contributed by atoms with Gasteiger partial charge < -0.3 is 10.6 Å². The molecule has 134 valence electrons. The van der Waals surface area contributed by atoms with Crippen LogP contribution in [0.3, 0.4) is 0 Å². The fraction of sp³-hybridized carbons (Fsp3) is 0.238. The van der Waals surface area contributed by atoms with Crippen molar-refractivity contribution in [2.45, 2.75) is 26.2 Å². The van der Waals surface area contributed by atoms with Gasteiger partial charge in [-0.2, -0.15) is 5.26 Å². The van der Waals surface area contributed by atoms with E-state index in [1.165, 1.54) is 11.8 Å². The number of halogens is 1. The van der Waals surface area contributed by atoms with Crippen molar-refractivity contribution in [1.29, 1.82) is 5.26 Å². The Kier molecular flexibility index (Phi) is 7.73. The van der Waals surface area contributed by atoms with Crippen LogP contribution in [0.1, 0.15) is 24.0 Å². The fourth-order valence-electron chi connectivity index (χ4n) is 2.39. The molecule has 2 aromatic carbocycles. The van der Waals surface area contributed by atoms with Gasteiger partial charge in [0.2, 0.25) is 0 Å². The number of hydrogen-bond donors (Lipinski definition) is 2. The Morgan fingerprint density at radius 3 is 2.65 bits per heavy atom. The standard InChI is InChI=1S/C21H22ClN3O/c1-16-10-11-19(13-20(16)22)25-21(26)18(14-23)15-24-12-6-5-9-17-7-3-2-4-8-17/h2-4,7-8,10-11,13,15,24H,5-6,9,12H2,1H3,(H,25,26)/b18-15-. The highest BCUT2D eigenvalue weighted by molar-refractivity contribution is 6.31. The second-order valence-corrected chi connectivity index (χ2v) is 6.39. The van der Waals surface area contributed by atoms with E-state index >= 15 is 0 Å². The number of rotatable bonds is 8. The number of carbonyl (C=O) groups excluding carboxylic acids is 1. The number of carbonyl (C=O) groups is 1. The number of aryl methyl sites for hydroxylation is 2. The first-order valence-corrected chi connectivity index (χ1v) is 8.93. The zero-order chi connectivity index (χ0) is 18.8. The summed E-state index contributed by atoms with van der Waals surface area (Å²) in [4.78, 5) is 12.2. The number of nitrogens with zero attached hydrogens (tertiary/aromatic N) is 1. The lowest BCUT2D eigenvalue weighted by molar-refractivity contribution is -0.112. The van der Waals surface area contributed by atoms with E-state index in [0.717, 1.165) is 24.8 Å². The van der Waals surface area contributed by atoms with Crippen molar-refractivity contribution in [3.05, 3.63) is 76.5 Å². The van der Waals surface area contributed by atoms with Gasteiger partial charge in [0.25, 0.3) is 5.91 Å². The topological polar surface area (TPSA) is 64.9 Å². The third kappa shape index (κ3) is 6.27. The molecular formula is C21H22ClN3O. The number of anilines is 1. The van der Waals surface area contributed by atoms with E-state index in [4.69, 9.17) is 11.6 Å². The van der Waals surface area contributed by atoms with Gasteiger partial charge in [-0.3, -0.25) is 4.79 Å². The van der Waals surface area contributed by atoms with E-state index in [0.29, 0.717) is 17.3 Å². The Bertz CT molecular complexity index is 810. The van der Waals surface area contributed by atoms with Crippen molar-refractivity contribution in [1.82, 2.24) is 5.32 Å². The summed E-state index contributed by atoms with van der Waals surface area (Å²) < 4.78 is 0. The molecule has 0 saturated carbocycles. The lowest BCUT2D eigenvalue weighted by Crippen LogP contribution is -2.17. The van der Waals surface area contributed by atoms with Crippen molar-refractivity contribution >= 4 is 23.2 Å². The van der Waals surface area contributed by atoms with E-state index in [1.54, 1.807) is 12.1 Å². The molecule has 0 saturated heterocycles. The molecule has 26 heavy (non-hydrogen) atoms. The maximum atomic E-state index is 12.2. The maximum absolute atomic E-state index is 12.2. The highest BCUT2D eigenvalue weighted by atomic mass is 35.5. The molecule has 1 amide bonds. The molecule has 0 radical (unpaired) electrons. The monoisotopic (exact) mass is 367 g/mol. The average molecular weight is 368 g/mol. The maximum Gasteiger partial charge on any atom is 0.267 e. The Hall–Kier alpha value is -2.77. The minimum Gasteiger partial charge on any atom is -0.390 e. The summed E-state index contributed by atoms with van der Waals surface area (Å²) in [6, 6.07) is 17.5. The first kappa shape index (κ1) is 19.6. The van der Waals surface area contributed by atoms with Crippen LogP contribution in [0.25, 0.3) is 0 Å². The molecule has 5 heteroatoms. The first-order chi connectivity index (χ1) is 12.6. The van der Waals surface area contributed by atoms with Crippen molar-refractivity contribution in [2.75, 3.05) is 11.9 Å². The molecule has 0 aliphatic heterocycles. The molecule has 4 nitrogen and oxygen atoms in total. The van der Waals surface area contributed by atoms with Crippen LogP contribution in [-0.4, -0.2) is 12.5 Å². The summed E-state index contributed by atoms with van der Waals surface area (Å²) in [5, 5.41) is 15.5. The summed E-state index contributed by atoms with van der Waals surface area (Å²) in [7, 11) is 0. The van der Waals surface area contributed by atoms with Crippen molar-refractivity contribution in [3.63, 3.8) is 0 Å². The van der Waals surface area contributed by atoms with Crippen molar-refractivity contribution in [2.24, 2.45) is 0 Å². The second kappa shape index (κ2) is 10.3. The summed E-state index contributed by atoms with van der Waals surface area (Å²) >= 11 is 6.04. The van der Waals surface area contributed by atoms with Gasteiger partial charge >= 0.3 is 0 Å². The van der Waals surface area contributed by atoms with Crippen LogP contribution in [0.15, 0.2) is 60.3 Å². The molecule has 0 aliphatic rings. The third-order valence-corrected chi connectivity index (χ3v) is 4.33. The number of amides is 1. The zero-order valence-corrected chi connectivity index (χ0v) is 15.5. The van der Waals surface area contributed by atoms with E-state index in [9.17, 15) is 10.1 Å². The minimum atomic E-state index is -0.454. The van der Waals surface area contributed by atoms with Crippen LogP contribution in [0, 0.1) is 18.3 Å². The first-order valence-electron chi connectivity index (χ1n) is 8.55. The predicted octanol–water partition coefficient (Wildman–Crippen LogP) is 4.61. The fourth-order valence-corrected chi connectivity index (χ4v) is 2.57. The molecule has 0 unspecified atom stereocenters. The molecule has 2 rings (SSSR count). The normalized spacial score (nSPS) is 10.9. The van der Waals surface area contributed by atoms with E-state index in [-0.39, 0.29) is 5.57 Å². The molecule has 0 fully saturated rings. The molecule has 2 N–H and O–H groups in total. The second-order valence-electron chi connectivity index (χ2n) is 5.98. The van der Waals surface area contributed by atoms with Crippen LogP contribution in [-0.2, 0) is 11.2 Å². The summed E-state index contributed by atoms with van der Waals surface area (Å²) in [5.74, 6) is -0.454. The number of unbranched alkanes of at least 4 members (excludes halogenated alkanes) is 1. The largest absolute Gasteiger partial charge is 0.390 e. The van der Waals surface area contributed by atoms with Gasteiger partial charge in [0, 0.05) is 23.5 Å². The lowest BCUT2D eigenvalue weighted by atomic mass is 10.1. The summed E-state index contributed by atoms with van der Waals surface area (Å²) in [6.07, 6.45) is 4.49. The van der Waals surface area contributed by atoms with Gasteiger partial charge in [0.05, 0.1) is 0 Å². The molecule has 0 aromatic heterocycles. The lowest BCUT2D eigenvalue weighted by Gasteiger charge is -2.07. The predicted molar refractivity (Wildman–Crippen MR) is 106 cm³/mol. The molecule has 2 aromatic rings. The number of benzene rings is 2. The molecule has 0 heterocycles. The van der Waals surface area contributed by atoms with Crippen LogP contribution >= 0.6 is 11.6 Å². The van der Waals surface area contributed by atoms with E-state index in [2.05, 4.69) is 22.8 Å². The Morgan fingerprint density at radius 1 is 1.19 bits per heavy atom. The van der Waals surface area contributed by atoms with E-state index < -0.39 is 5.91 Å². The molecule has 0 atom stereocenters. The highest BCUT2D eigenvalue weighted by Gasteiger charge is 2.09. The molecular weight excluding hydrogens is 346 g/mol. The SMILES string of the molecule is Cc1ccc(NC(=O)/C(C#N)=C\NCCCCc2ccccc2)cc1Cl. The Labute approximate surface area is 159 Å². The Balaban J connectivity index is 1.76. The summed E-state index contributed by atoms with van der Waals surface area (Å²) in [6.45, 7) is 2.60. The van der Waals surface area contributed by atoms with Crippen LogP contribution in [0.2, 0.25) is 5.02 Å². The Morgan fingerprint density at radius 2 is 1.96 bits per heavy atom.